The highest BCUT2D eigenvalue weighted by molar-refractivity contribution is 7.17. The van der Waals surface area contributed by atoms with Gasteiger partial charge in [0.15, 0.2) is 4.96 Å². The van der Waals surface area contributed by atoms with Gasteiger partial charge in [0.05, 0.1) is 28.9 Å². The van der Waals surface area contributed by atoms with Gasteiger partial charge in [0, 0.05) is 18.4 Å². The number of alkyl halides is 6. The summed E-state index contributed by atoms with van der Waals surface area (Å²) in [5.41, 5.74) is -3.27. The number of fused-ring (bicyclic) bond motifs is 1. The van der Waals surface area contributed by atoms with Crippen LogP contribution in [0.3, 0.4) is 0 Å². The Kier molecular flexibility index (Phi) is 4.84. The normalized spacial score (nSPS) is 18.9. The van der Waals surface area contributed by atoms with E-state index >= 15 is 0 Å². The predicted molar refractivity (Wildman–Crippen MR) is 95.0 cm³/mol. The Morgan fingerprint density at radius 3 is 2.48 bits per heavy atom. The second-order valence-corrected chi connectivity index (χ2v) is 8.03. The first kappa shape index (κ1) is 21.3. The zero-order chi connectivity index (χ0) is 22.7. The third-order valence-corrected chi connectivity index (χ3v) is 6.03. The number of rotatable bonds is 3. The van der Waals surface area contributed by atoms with Crippen molar-refractivity contribution in [3.63, 3.8) is 0 Å². The van der Waals surface area contributed by atoms with E-state index in [1.54, 1.807) is 0 Å². The molecule has 1 saturated carbocycles. The molecular formula is C19H10F7N3OS. The van der Waals surface area contributed by atoms with E-state index in [2.05, 4.69) is 4.98 Å². The van der Waals surface area contributed by atoms with Crippen LogP contribution in [0.5, 0.6) is 0 Å². The van der Waals surface area contributed by atoms with Crippen molar-refractivity contribution in [2.45, 2.75) is 31.1 Å². The molecule has 2 heterocycles. The molecule has 1 aliphatic rings. The third kappa shape index (κ3) is 3.78. The van der Waals surface area contributed by atoms with E-state index in [1.165, 1.54) is 0 Å². The van der Waals surface area contributed by atoms with Crippen LogP contribution in [-0.2, 0) is 18.8 Å². The first-order valence-electron chi connectivity index (χ1n) is 8.78. The Labute approximate surface area is 173 Å². The van der Waals surface area contributed by atoms with Gasteiger partial charge in [-0.3, -0.25) is 9.20 Å². The van der Waals surface area contributed by atoms with Crippen molar-refractivity contribution in [2.75, 3.05) is 0 Å². The molecule has 0 spiro atoms. The number of hydrogen-bond acceptors (Lipinski definition) is 4. The third-order valence-electron chi connectivity index (χ3n) is 4.93. The summed E-state index contributed by atoms with van der Waals surface area (Å²) in [7, 11) is 0. The fraction of sp³-hybridized carbons (Fsp3) is 0.316. The molecule has 2 unspecified atom stereocenters. The summed E-state index contributed by atoms with van der Waals surface area (Å²) in [6.07, 6.45) is -10.0. The molecule has 31 heavy (non-hydrogen) atoms. The zero-order valence-corrected chi connectivity index (χ0v) is 16.0. The number of nitriles is 1. The van der Waals surface area contributed by atoms with E-state index in [9.17, 15) is 35.5 Å². The van der Waals surface area contributed by atoms with Crippen LogP contribution < -0.4 is 5.56 Å². The molecule has 0 N–H and O–H groups in total. The molecule has 4 rings (SSSR count). The van der Waals surface area contributed by atoms with Crippen molar-refractivity contribution in [1.82, 2.24) is 9.38 Å². The van der Waals surface area contributed by atoms with Crippen molar-refractivity contribution in [2.24, 2.45) is 5.92 Å². The smallest absolute Gasteiger partial charge is 0.269 e. The molecule has 3 aromatic rings. The highest BCUT2D eigenvalue weighted by atomic mass is 32.1. The molecule has 162 valence electrons. The average molecular weight is 461 g/mol. The minimum absolute atomic E-state index is 0.169. The van der Waals surface area contributed by atoms with Crippen LogP contribution in [0.4, 0.5) is 30.7 Å². The van der Waals surface area contributed by atoms with Gasteiger partial charge in [-0.2, -0.15) is 31.6 Å². The minimum atomic E-state index is -4.93. The molecule has 4 nitrogen and oxygen atoms in total. The maximum Gasteiger partial charge on any atom is 0.427 e. The van der Waals surface area contributed by atoms with Crippen molar-refractivity contribution in [3.8, 4) is 6.07 Å². The van der Waals surface area contributed by atoms with Crippen molar-refractivity contribution in [3.05, 3.63) is 67.8 Å². The van der Waals surface area contributed by atoms with Crippen molar-refractivity contribution >= 4 is 16.3 Å². The SMILES string of the molecule is N#CC1CC1c1c(C(F)(F)F)sc2nc(Cc3cccc(C(F)(F)F)c3F)cc(=O)n12. The second kappa shape index (κ2) is 7.05. The first-order chi connectivity index (χ1) is 14.4. The van der Waals surface area contributed by atoms with E-state index in [1.807, 2.05) is 6.07 Å². The highest BCUT2D eigenvalue weighted by Crippen LogP contribution is 2.52. The standard InChI is InChI=1S/C19H10F7N3OS/c20-14-8(2-1-3-12(14)18(21,22)23)4-10-6-13(30)29-15(11-5-9(11)7-27)16(19(24,25)26)31-17(29)28-10/h1-3,6,9,11H,4-5H2. The summed E-state index contributed by atoms with van der Waals surface area (Å²) in [5.74, 6) is -2.94. The molecule has 0 radical (unpaired) electrons. The lowest BCUT2D eigenvalue weighted by Crippen LogP contribution is -2.18. The van der Waals surface area contributed by atoms with Gasteiger partial charge in [-0.25, -0.2) is 9.37 Å². The average Bonchev–Trinajstić information content (AvgIpc) is 3.32. The van der Waals surface area contributed by atoms with Gasteiger partial charge in [-0.1, -0.05) is 23.5 Å². The number of nitrogens with zero attached hydrogens (tertiary/aromatic N) is 3. The van der Waals surface area contributed by atoms with Gasteiger partial charge in [0.1, 0.15) is 10.7 Å². The molecule has 1 aliphatic carbocycles. The fourth-order valence-corrected chi connectivity index (χ4v) is 4.53. The molecule has 2 aromatic heterocycles. The number of halogens is 7. The van der Waals surface area contributed by atoms with Gasteiger partial charge in [0.25, 0.3) is 5.56 Å². The van der Waals surface area contributed by atoms with Crippen LogP contribution in [0.25, 0.3) is 4.96 Å². The van der Waals surface area contributed by atoms with Gasteiger partial charge in [0.2, 0.25) is 0 Å². The number of benzene rings is 1. The molecule has 0 bridgehead atoms. The summed E-state index contributed by atoms with van der Waals surface area (Å²) in [6, 6.07) is 5.38. The number of hydrogen-bond donors (Lipinski definition) is 0. The molecular weight excluding hydrogens is 451 g/mol. The summed E-state index contributed by atoms with van der Waals surface area (Å²) < 4.78 is 94.3. The van der Waals surface area contributed by atoms with Crippen LogP contribution in [0.2, 0.25) is 0 Å². The van der Waals surface area contributed by atoms with Gasteiger partial charge >= 0.3 is 12.4 Å². The van der Waals surface area contributed by atoms with E-state index in [-0.39, 0.29) is 34.1 Å². The summed E-state index contributed by atoms with van der Waals surface area (Å²) in [5, 5.41) is 8.98. The maximum absolute atomic E-state index is 14.3. The molecule has 0 saturated heterocycles. The topological polar surface area (TPSA) is 58.2 Å². The molecule has 2 atom stereocenters. The predicted octanol–water partition coefficient (Wildman–Crippen LogP) is 5.15. The zero-order valence-electron chi connectivity index (χ0n) is 15.2. The quantitative estimate of drug-likeness (QED) is 0.507. The molecule has 1 aromatic carbocycles. The first-order valence-corrected chi connectivity index (χ1v) is 9.60. The van der Waals surface area contributed by atoms with Crippen LogP contribution >= 0.6 is 11.3 Å². The maximum atomic E-state index is 14.3. The van der Waals surface area contributed by atoms with E-state index in [0.29, 0.717) is 6.07 Å². The Hall–Kier alpha value is -2.94. The van der Waals surface area contributed by atoms with E-state index < -0.39 is 58.0 Å². The second-order valence-electron chi connectivity index (χ2n) is 7.05. The lowest BCUT2D eigenvalue weighted by atomic mass is 10.0. The molecule has 0 aliphatic heterocycles. The van der Waals surface area contributed by atoms with E-state index in [4.69, 9.17) is 5.26 Å². The van der Waals surface area contributed by atoms with E-state index in [0.717, 1.165) is 22.6 Å². The highest BCUT2D eigenvalue weighted by Gasteiger charge is 2.48. The van der Waals surface area contributed by atoms with Crippen LogP contribution in [0.15, 0.2) is 29.1 Å². The lowest BCUT2D eigenvalue weighted by molar-refractivity contribution is -0.140. The van der Waals surface area contributed by atoms with Crippen molar-refractivity contribution < 1.29 is 30.7 Å². The van der Waals surface area contributed by atoms with Crippen LogP contribution in [-0.4, -0.2) is 9.38 Å². The monoisotopic (exact) mass is 461 g/mol. The lowest BCUT2D eigenvalue weighted by Gasteiger charge is -2.11. The number of aromatic nitrogens is 2. The molecule has 0 amide bonds. The van der Waals surface area contributed by atoms with Crippen molar-refractivity contribution in [1.29, 1.82) is 5.26 Å². The van der Waals surface area contributed by atoms with Gasteiger partial charge < -0.3 is 0 Å². The van der Waals surface area contributed by atoms with Gasteiger partial charge in [-0.15, -0.1) is 0 Å². The Bertz CT molecular complexity index is 1280. The molecule has 1 fully saturated rings. The summed E-state index contributed by atoms with van der Waals surface area (Å²) >= 11 is 0.206. The Balaban J connectivity index is 1.82. The summed E-state index contributed by atoms with van der Waals surface area (Å²) in [4.78, 5) is 15.2. The van der Waals surface area contributed by atoms with Crippen LogP contribution in [0.1, 0.15) is 39.7 Å². The fourth-order valence-electron chi connectivity index (χ4n) is 3.44. The minimum Gasteiger partial charge on any atom is -0.269 e. The van der Waals surface area contributed by atoms with Crippen LogP contribution in [0, 0.1) is 23.1 Å². The van der Waals surface area contributed by atoms with Gasteiger partial charge in [-0.05, 0) is 18.1 Å². The summed E-state index contributed by atoms with van der Waals surface area (Å²) in [6.45, 7) is 0. The Morgan fingerprint density at radius 1 is 1.19 bits per heavy atom. The number of thiazole rings is 1. The molecule has 12 heteroatoms. The Morgan fingerprint density at radius 2 is 1.90 bits per heavy atom. The largest absolute Gasteiger partial charge is 0.427 e.